The molecule has 1 N–H and O–H groups in total. The van der Waals surface area contributed by atoms with Gasteiger partial charge in [0, 0.05) is 24.3 Å². The van der Waals surface area contributed by atoms with E-state index >= 15 is 0 Å². The van der Waals surface area contributed by atoms with Crippen LogP contribution < -0.4 is 15.0 Å². The average Bonchev–Trinajstić information content (AvgIpc) is 3.05. The number of nitrogens with zero attached hydrogens (tertiary/aromatic N) is 3. The Hall–Kier alpha value is -3.84. The Balaban J connectivity index is 1.46. The number of anilines is 2. The normalized spacial score (nSPS) is 17.0. The van der Waals surface area contributed by atoms with Crippen LogP contribution in [0.5, 0.6) is 5.75 Å². The maximum atomic E-state index is 14.4. The Bertz CT molecular complexity index is 1450. The maximum absolute atomic E-state index is 14.4. The van der Waals surface area contributed by atoms with Gasteiger partial charge in [-0.05, 0) is 79.1 Å². The van der Waals surface area contributed by atoms with Crippen LogP contribution in [-0.2, 0) is 4.79 Å². The fourth-order valence-electron chi connectivity index (χ4n) is 6.83. The molecule has 1 unspecified atom stereocenters. The van der Waals surface area contributed by atoms with Crippen molar-refractivity contribution in [3.05, 3.63) is 89.0 Å². The fraction of sp³-hybridized carbons (Fsp3) is 0.487. The molecule has 0 spiro atoms. The van der Waals surface area contributed by atoms with E-state index in [1.807, 2.05) is 47.4 Å². The van der Waals surface area contributed by atoms with Crippen LogP contribution in [0.15, 0.2) is 66.7 Å². The number of nitrogens with one attached hydrogen (secondary N) is 1. The number of hydrogen-bond donors (Lipinski definition) is 1. The summed E-state index contributed by atoms with van der Waals surface area (Å²) in [5.41, 5.74) is 5.93. The fourth-order valence-corrected chi connectivity index (χ4v) is 6.83. The standard InChI is InChI=1S/C39H52N4O3/c1-6-7-23-42-35-20-10-9-17-34(35)38(30-15-13-16-31(26-30)46-25-24-41-21-11-8-12-22-41)43(39(42)45)27-36(44)40-37-32(28(2)3)18-14-19-33(37)29(4)5/h9-10,13-20,26,28-29,38H,6-8,11-12,21-25,27H2,1-5H3,(H,40,44). The summed E-state index contributed by atoms with van der Waals surface area (Å²) in [5, 5.41) is 3.25. The van der Waals surface area contributed by atoms with Gasteiger partial charge in [0.2, 0.25) is 5.91 Å². The topological polar surface area (TPSA) is 65.1 Å². The first-order valence-corrected chi connectivity index (χ1v) is 17.3. The second-order valence-electron chi connectivity index (χ2n) is 13.4. The molecule has 3 aromatic rings. The molecule has 0 bridgehead atoms. The van der Waals surface area contributed by atoms with Gasteiger partial charge in [0.1, 0.15) is 18.9 Å². The van der Waals surface area contributed by atoms with Crippen LogP contribution >= 0.6 is 0 Å². The molecular formula is C39H52N4O3. The number of unbranched alkanes of at least 4 members (excludes halogenated alkanes) is 1. The third kappa shape index (κ3) is 7.75. The minimum Gasteiger partial charge on any atom is -0.492 e. The van der Waals surface area contributed by atoms with Crippen molar-refractivity contribution in [2.24, 2.45) is 0 Å². The molecule has 2 aliphatic heterocycles. The number of rotatable bonds is 13. The Morgan fingerprint density at radius 1 is 0.891 bits per heavy atom. The van der Waals surface area contributed by atoms with Crippen molar-refractivity contribution in [1.82, 2.24) is 9.80 Å². The van der Waals surface area contributed by atoms with Crippen molar-refractivity contribution in [3.63, 3.8) is 0 Å². The van der Waals surface area contributed by atoms with Crippen molar-refractivity contribution < 1.29 is 14.3 Å². The first-order chi connectivity index (χ1) is 22.3. The highest BCUT2D eigenvalue weighted by molar-refractivity contribution is 6.01. The SMILES string of the molecule is CCCCN1C(=O)N(CC(=O)Nc2c(C(C)C)cccc2C(C)C)C(c2cccc(OCCN3CCCCC3)c2)c2ccccc21. The van der Waals surface area contributed by atoms with Gasteiger partial charge in [-0.1, -0.05) is 96.0 Å². The number of benzene rings is 3. The smallest absolute Gasteiger partial charge is 0.325 e. The van der Waals surface area contributed by atoms with E-state index in [-0.39, 0.29) is 30.3 Å². The van der Waals surface area contributed by atoms with Crippen LogP contribution in [0.4, 0.5) is 16.2 Å². The van der Waals surface area contributed by atoms with Crippen LogP contribution in [0.1, 0.15) is 107 Å². The first-order valence-electron chi connectivity index (χ1n) is 17.3. The monoisotopic (exact) mass is 624 g/mol. The van der Waals surface area contributed by atoms with E-state index < -0.39 is 6.04 Å². The van der Waals surface area contributed by atoms with Gasteiger partial charge in [0.05, 0.1) is 11.7 Å². The Morgan fingerprint density at radius 3 is 2.28 bits per heavy atom. The second-order valence-corrected chi connectivity index (χ2v) is 13.4. The van der Waals surface area contributed by atoms with E-state index in [1.165, 1.54) is 19.3 Å². The van der Waals surface area contributed by atoms with E-state index in [4.69, 9.17) is 4.74 Å². The Morgan fingerprint density at radius 2 is 1.59 bits per heavy atom. The molecule has 246 valence electrons. The van der Waals surface area contributed by atoms with E-state index in [0.29, 0.717) is 13.2 Å². The van der Waals surface area contributed by atoms with Crippen LogP contribution in [-0.4, -0.2) is 61.1 Å². The lowest BCUT2D eigenvalue weighted by Crippen LogP contribution is -2.52. The highest BCUT2D eigenvalue weighted by atomic mass is 16.5. The summed E-state index contributed by atoms with van der Waals surface area (Å²) < 4.78 is 6.26. The largest absolute Gasteiger partial charge is 0.492 e. The van der Waals surface area contributed by atoms with Crippen LogP contribution in [0, 0.1) is 0 Å². The summed E-state index contributed by atoms with van der Waals surface area (Å²) >= 11 is 0. The highest BCUT2D eigenvalue weighted by Gasteiger charge is 2.39. The molecule has 0 saturated carbocycles. The summed E-state index contributed by atoms with van der Waals surface area (Å²) in [6, 6.07) is 21.8. The number of carbonyl (C=O) groups excluding carboxylic acids is 2. The summed E-state index contributed by atoms with van der Waals surface area (Å²) in [6.07, 6.45) is 5.67. The molecule has 2 aliphatic rings. The molecule has 0 radical (unpaired) electrons. The van der Waals surface area contributed by atoms with E-state index in [9.17, 15) is 9.59 Å². The van der Waals surface area contributed by atoms with Gasteiger partial charge >= 0.3 is 6.03 Å². The molecule has 1 fully saturated rings. The number of ether oxygens (including phenoxy) is 1. The van der Waals surface area contributed by atoms with Gasteiger partial charge in [-0.3, -0.25) is 14.6 Å². The molecule has 7 heteroatoms. The van der Waals surface area contributed by atoms with Gasteiger partial charge < -0.3 is 15.0 Å². The molecule has 0 aromatic heterocycles. The predicted molar refractivity (Wildman–Crippen MR) is 188 cm³/mol. The van der Waals surface area contributed by atoms with Crippen LogP contribution in [0.2, 0.25) is 0 Å². The van der Waals surface area contributed by atoms with Crippen molar-refractivity contribution in [2.45, 2.75) is 84.6 Å². The number of piperidine rings is 1. The third-order valence-electron chi connectivity index (χ3n) is 9.30. The zero-order valence-corrected chi connectivity index (χ0v) is 28.4. The van der Waals surface area contributed by atoms with Crippen molar-refractivity contribution in [2.75, 3.05) is 49.5 Å². The summed E-state index contributed by atoms with van der Waals surface area (Å²) in [7, 11) is 0. The predicted octanol–water partition coefficient (Wildman–Crippen LogP) is 8.57. The maximum Gasteiger partial charge on any atom is 0.325 e. The Kier molecular flexibility index (Phi) is 11.4. The van der Waals surface area contributed by atoms with Crippen molar-refractivity contribution in [3.8, 4) is 5.75 Å². The van der Waals surface area contributed by atoms with E-state index in [0.717, 1.165) is 71.9 Å². The zero-order chi connectivity index (χ0) is 32.6. The number of likely N-dealkylation sites (tertiary alicyclic amines) is 1. The number of fused-ring (bicyclic) bond motifs is 1. The van der Waals surface area contributed by atoms with Crippen LogP contribution in [0.3, 0.4) is 0 Å². The molecule has 7 nitrogen and oxygen atoms in total. The lowest BCUT2D eigenvalue weighted by Gasteiger charge is -2.43. The number of hydrogen-bond acceptors (Lipinski definition) is 4. The lowest BCUT2D eigenvalue weighted by atomic mass is 9.92. The molecule has 2 heterocycles. The molecule has 1 saturated heterocycles. The summed E-state index contributed by atoms with van der Waals surface area (Å²) in [6.45, 7) is 15.0. The highest BCUT2D eigenvalue weighted by Crippen LogP contribution is 2.41. The van der Waals surface area contributed by atoms with E-state index in [2.05, 4.69) is 69.1 Å². The third-order valence-corrected chi connectivity index (χ3v) is 9.30. The second kappa shape index (κ2) is 15.6. The molecule has 5 rings (SSSR count). The van der Waals surface area contributed by atoms with Gasteiger partial charge in [-0.15, -0.1) is 0 Å². The molecule has 3 amide bonds. The lowest BCUT2D eigenvalue weighted by molar-refractivity contribution is -0.117. The Labute approximate surface area is 275 Å². The minimum atomic E-state index is -0.428. The average molecular weight is 625 g/mol. The van der Waals surface area contributed by atoms with Gasteiger partial charge in [-0.2, -0.15) is 0 Å². The van der Waals surface area contributed by atoms with E-state index in [1.54, 1.807) is 4.90 Å². The molecule has 3 aromatic carbocycles. The molecule has 0 aliphatic carbocycles. The zero-order valence-electron chi connectivity index (χ0n) is 28.4. The molecule has 46 heavy (non-hydrogen) atoms. The number of para-hydroxylation sites is 2. The van der Waals surface area contributed by atoms with Crippen LogP contribution in [0.25, 0.3) is 0 Å². The number of urea groups is 1. The van der Waals surface area contributed by atoms with Gasteiger partial charge in [-0.25, -0.2) is 4.79 Å². The van der Waals surface area contributed by atoms with Crippen molar-refractivity contribution in [1.29, 1.82) is 0 Å². The summed E-state index contributed by atoms with van der Waals surface area (Å²) in [5.74, 6) is 1.07. The number of amides is 3. The van der Waals surface area contributed by atoms with Gasteiger partial charge in [0.25, 0.3) is 0 Å². The number of carbonyl (C=O) groups is 2. The molecule has 1 atom stereocenters. The molecular weight excluding hydrogens is 572 g/mol. The minimum absolute atomic E-state index is 0.0650. The van der Waals surface area contributed by atoms with Crippen molar-refractivity contribution >= 4 is 23.3 Å². The van der Waals surface area contributed by atoms with Gasteiger partial charge in [0.15, 0.2) is 0 Å². The quantitative estimate of drug-likeness (QED) is 0.207. The summed E-state index contributed by atoms with van der Waals surface area (Å²) in [4.78, 5) is 34.4. The first kappa shape index (κ1) is 33.5.